The van der Waals surface area contributed by atoms with Crippen LogP contribution in [0, 0.1) is 0 Å². The minimum atomic E-state index is -0.535. The number of fused-ring (bicyclic) bond motifs is 1. The fourth-order valence-corrected chi connectivity index (χ4v) is 3.11. The highest BCUT2D eigenvalue weighted by atomic mass is 79.9. The molecule has 3 rings (SSSR count). The van der Waals surface area contributed by atoms with Crippen molar-refractivity contribution in [3.8, 4) is 11.5 Å². The first-order valence-electron chi connectivity index (χ1n) is 8.79. The van der Waals surface area contributed by atoms with E-state index >= 15 is 0 Å². The van der Waals surface area contributed by atoms with Gasteiger partial charge >= 0.3 is 5.97 Å². The van der Waals surface area contributed by atoms with Crippen LogP contribution in [0.1, 0.15) is 15.9 Å². The molecule has 0 saturated heterocycles. The van der Waals surface area contributed by atoms with Crippen LogP contribution in [-0.4, -0.2) is 44.7 Å². The Balaban J connectivity index is 1.58. The van der Waals surface area contributed by atoms with Crippen LogP contribution in [-0.2, 0) is 20.7 Å². The largest absolute Gasteiger partial charge is 0.486 e. The van der Waals surface area contributed by atoms with Gasteiger partial charge in [0.25, 0.3) is 5.91 Å². The second-order valence-corrected chi connectivity index (χ2v) is 7.00. The van der Waals surface area contributed by atoms with E-state index in [1.165, 1.54) is 7.11 Å². The first-order chi connectivity index (χ1) is 14.0. The van der Waals surface area contributed by atoms with E-state index in [1.54, 1.807) is 36.4 Å². The Morgan fingerprint density at radius 1 is 1.07 bits per heavy atom. The average molecular weight is 463 g/mol. The molecule has 1 heterocycles. The van der Waals surface area contributed by atoms with Gasteiger partial charge in [0.1, 0.15) is 19.8 Å². The standard InChI is InChI=1S/C20H19BrN2O6/c1-27-19(25)11-22-20(26)12-2-4-14(5-3-12)23-18(24)9-13-8-16-17(10-15(13)21)29-7-6-28-16/h2-5,8,10H,6-7,9,11H2,1H3,(H,22,26)(H,23,24). The first-order valence-corrected chi connectivity index (χ1v) is 9.58. The molecule has 0 aromatic heterocycles. The Morgan fingerprint density at radius 3 is 2.38 bits per heavy atom. The zero-order valence-corrected chi connectivity index (χ0v) is 17.2. The van der Waals surface area contributed by atoms with Gasteiger partial charge in [-0.1, -0.05) is 15.9 Å². The van der Waals surface area contributed by atoms with Gasteiger partial charge in [-0.05, 0) is 42.0 Å². The third kappa shape index (κ3) is 5.47. The number of benzene rings is 2. The van der Waals surface area contributed by atoms with E-state index in [9.17, 15) is 14.4 Å². The number of carbonyl (C=O) groups excluding carboxylic acids is 3. The number of esters is 1. The molecule has 0 saturated carbocycles. The summed E-state index contributed by atoms with van der Waals surface area (Å²) in [5, 5.41) is 5.23. The lowest BCUT2D eigenvalue weighted by molar-refractivity contribution is -0.139. The first kappa shape index (κ1) is 20.7. The SMILES string of the molecule is COC(=O)CNC(=O)c1ccc(NC(=O)Cc2cc3c(cc2Br)OCCO3)cc1. The van der Waals surface area contributed by atoms with Crippen LogP contribution in [0.4, 0.5) is 5.69 Å². The molecule has 0 unspecified atom stereocenters. The molecule has 29 heavy (non-hydrogen) atoms. The van der Waals surface area contributed by atoms with Crippen molar-refractivity contribution in [1.29, 1.82) is 0 Å². The van der Waals surface area contributed by atoms with Crippen molar-refractivity contribution in [1.82, 2.24) is 5.32 Å². The lowest BCUT2D eigenvalue weighted by Gasteiger charge is -2.19. The molecule has 2 N–H and O–H groups in total. The highest BCUT2D eigenvalue weighted by Crippen LogP contribution is 2.35. The minimum absolute atomic E-state index is 0.137. The van der Waals surface area contributed by atoms with Gasteiger partial charge in [-0.15, -0.1) is 0 Å². The zero-order valence-electron chi connectivity index (χ0n) is 15.6. The molecule has 0 radical (unpaired) electrons. The van der Waals surface area contributed by atoms with Crippen molar-refractivity contribution in [3.63, 3.8) is 0 Å². The summed E-state index contributed by atoms with van der Waals surface area (Å²) in [7, 11) is 1.25. The second-order valence-electron chi connectivity index (χ2n) is 6.15. The summed E-state index contributed by atoms with van der Waals surface area (Å²) in [4.78, 5) is 35.4. The third-order valence-electron chi connectivity index (χ3n) is 4.11. The van der Waals surface area contributed by atoms with Crippen molar-refractivity contribution in [2.24, 2.45) is 0 Å². The van der Waals surface area contributed by atoms with Crippen LogP contribution in [0.2, 0.25) is 0 Å². The van der Waals surface area contributed by atoms with Crippen LogP contribution >= 0.6 is 15.9 Å². The van der Waals surface area contributed by atoms with Crippen molar-refractivity contribution in [2.75, 3.05) is 32.2 Å². The van der Waals surface area contributed by atoms with E-state index in [1.807, 2.05) is 0 Å². The molecule has 0 bridgehead atoms. The molecule has 2 aromatic carbocycles. The van der Waals surface area contributed by atoms with E-state index in [2.05, 4.69) is 31.3 Å². The molecule has 152 valence electrons. The maximum atomic E-state index is 12.4. The fraction of sp³-hybridized carbons (Fsp3) is 0.250. The third-order valence-corrected chi connectivity index (χ3v) is 4.85. The number of amides is 2. The van der Waals surface area contributed by atoms with E-state index in [0.29, 0.717) is 36.0 Å². The lowest BCUT2D eigenvalue weighted by atomic mass is 10.1. The molecule has 0 fully saturated rings. The summed E-state index contributed by atoms with van der Waals surface area (Å²) >= 11 is 3.45. The van der Waals surface area contributed by atoms with E-state index in [0.717, 1.165) is 10.0 Å². The molecule has 0 spiro atoms. The predicted octanol–water partition coefficient (Wildman–Crippen LogP) is 2.30. The number of methoxy groups -OCH3 is 1. The maximum Gasteiger partial charge on any atom is 0.325 e. The topological polar surface area (TPSA) is 103 Å². The molecule has 2 aromatic rings. The summed E-state index contributed by atoms with van der Waals surface area (Å²) in [5.74, 6) is 0.101. The lowest BCUT2D eigenvalue weighted by Crippen LogP contribution is -2.30. The molecule has 0 atom stereocenters. The zero-order chi connectivity index (χ0) is 20.8. The highest BCUT2D eigenvalue weighted by molar-refractivity contribution is 9.10. The number of carbonyl (C=O) groups is 3. The maximum absolute atomic E-state index is 12.4. The number of ether oxygens (including phenoxy) is 3. The van der Waals surface area contributed by atoms with Gasteiger partial charge in [-0.25, -0.2) is 0 Å². The number of anilines is 1. The van der Waals surface area contributed by atoms with Crippen LogP contribution in [0.3, 0.4) is 0 Å². The van der Waals surface area contributed by atoms with Gasteiger partial charge in [0.2, 0.25) is 5.91 Å². The van der Waals surface area contributed by atoms with Gasteiger partial charge in [0.05, 0.1) is 13.5 Å². The Morgan fingerprint density at radius 2 is 1.72 bits per heavy atom. The van der Waals surface area contributed by atoms with Crippen LogP contribution in [0.5, 0.6) is 11.5 Å². The van der Waals surface area contributed by atoms with Crippen molar-refractivity contribution < 1.29 is 28.6 Å². The Kier molecular flexibility index (Phi) is 6.71. The van der Waals surface area contributed by atoms with Crippen molar-refractivity contribution in [2.45, 2.75) is 6.42 Å². The van der Waals surface area contributed by atoms with Gasteiger partial charge in [-0.2, -0.15) is 0 Å². The Labute approximate surface area is 175 Å². The van der Waals surface area contributed by atoms with E-state index in [4.69, 9.17) is 9.47 Å². The summed E-state index contributed by atoms with van der Waals surface area (Å²) in [6.07, 6.45) is 0.137. The van der Waals surface area contributed by atoms with Crippen LogP contribution in [0.25, 0.3) is 0 Å². The minimum Gasteiger partial charge on any atom is -0.486 e. The number of hydrogen-bond donors (Lipinski definition) is 2. The smallest absolute Gasteiger partial charge is 0.325 e. The highest BCUT2D eigenvalue weighted by Gasteiger charge is 2.17. The summed E-state index contributed by atoms with van der Waals surface area (Å²) in [5.41, 5.74) is 1.68. The number of nitrogens with one attached hydrogen (secondary N) is 2. The quantitative estimate of drug-likeness (QED) is 0.638. The molecule has 9 heteroatoms. The summed E-state index contributed by atoms with van der Waals surface area (Å²) in [6, 6.07) is 9.92. The van der Waals surface area contributed by atoms with Gasteiger partial charge in [0.15, 0.2) is 11.5 Å². The summed E-state index contributed by atoms with van der Waals surface area (Å²) < 4.78 is 16.3. The van der Waals surface area contributed by atoms with Crippen molar-refractivity contribution in [3.05, 3.63) is 52.0 Å². The number of hydrogen-bond acceptors (Lipinski definition) is 6. The van der Waals surface area contributed by atoms with Gasteiger partial charge < -0.3 is 24.8 Å². The molecule has 2 amide bonds. The Bertz CT molecular complexity index is 929. The number of rotatable bonds is 6. The molecule has 1 aliphatic heterocycles. The number of halogens is 1. The fourth-order valence-electron chi connectivity index (χ4n) is 2.65. The molecule has 1 aliphatic rings. The predicted molar refractivity (Wildman–Crippen MR) is 108 cm³/mol. The molecular weight excluding hydrogens is 444 g/mol. The van der Waals surface area contributed by atoms with E-state index in [-0.39, 0.29) is 18.9 Å². The van der Waals surface area contributed by atoms with Crippen molar-refractivity contribution >= 4 is 39.4 Å². The van der Waals surface area contributed by atoms with Crippen LogP contribution in [0.15, 0.2) is 40.9 Å². The van der Waals surface area contributed by atoms with Crippen LogP contribution < -0.4 is 20.1 Å². The van der Waals surface area contributed by atoms with E-state index < -0.39 is 11.9 Å². The monoisotopic (exact) mass is 462 g/mol. The Hall–Kier alpha value is -3.07. The molecule has 0 aliphatic carbocycles. The normalized spacial score (nSPS) is 12.1. The summed E-state index contributed by atoms with van der Waals surface area (Å²) in [6.45, 7) is 0.758. The average Bonchev–Trinajstić information content (AvgIpc) is 2.72. The molecular formula is C20H19BrN2O6. The second kappa shape index (κ2) is 9.42. The molecule has 8 nitrogen and oxygen atoms in total. The van der Waals surface area contributed by atoms with Gasteiger partial charge in [-0.3, -0.25) is 14.4 Å². The van der Waals surface area contributed by atoms with Gasteiger partial charge in [0, 0.05) is 15.7 Å².